The second kappa shape index (κ2) is 6.87. The number of hydrogen-bond acceptors (Lipinski definition) is 2. The number of aromatic nitrogens is 1. The molecule has 2 amide bonds. The van der Waals surface area contributed by atoms with Crippen LogP contribution in [0.1, 0.15) is 5.56 Å². The molecule has 3 N–H and O–H groups in total. The van der Waals surface area contributed by atoms with Crippen molar-refractivity contribution >= 4 is 22.6 Å². The van der Waals surface area contributed by atoms with Gasteiger partial charge in [0.25, 0.3) is 0 Å². The van der Waals surface area contributed by atoms with E-state index < -0.39 is 0 Å². The Bertz CT molecular complexity index is 811. The van der Waals surface area contributed by atoms with E-state index in [4.69, 9.17) is 4.74 Å². The number of carbonyl (C=O) groups is 1. The number of urea groups is 1. The third-order valence-corrected chi connectivity index (χ3v) is 3.68. The molecular formula is C18H19N3O2. The Balaban J connectivity index is 1.53. The van der Waals surface area contributed by atoms with Gasteiger partial charge in [-0.05, 0) is 30.2 Å². The Hall–Kier alpha value is -2.95. The molecule has 3 aromatic rings. The van der Waals surface area contributed by atoms with Gasteiger partial charge in [0.2, 0.25) is 0 Å². The van der Waals surface area contributed by atoms with E-state index in [2.05, 4.69) is 21.7 Å². The minimum Gasteiger partial charge on any atom is -0.497 e. The molecule has 1 aromatic heterocycles. The lowest BCUT2D eigenvalue weighted by Gasteiger charge is -2.08. The average Bonchev–Trinajstić information content (AvgIpc) is 2.98. The summed E-state index contributed by atoms with van der Waals surface area (Å²) in [5.74, 6) is 0.710. The maximum atomic E-state index is 11.9. The molecule has 3 rings (SSSR count). The predicted molar refractivity (Wildman–Crippen MR) is 92.0 cm³/mol. The van der Waals surface area contributed by atoms with Gasteiger partial charge in [0, 0.05) is 35.4 Å². The van der Waals surface area contributed by atoms with Crippen molar-refractivity contribution in [3.05, 3.63) is 60.3 Å². The molecule has 118 valence electrons. The van der Waals surface area contributed by atoms with Gasteiger partial charge in [-0.3, -0.25) is 0 Å². The van der Waals surface area contributed by atoms with Crippen LogP contribution in [0.3, 0.4) is 0 Å². The SMILES string of the molecule is COc1cccc(NC(=O)NCCc2c[nH]c3ccccc23)c1. The normalized spacial score (nSPS) is 10.5. The number of fused-ring (bicyclic) bond motifs is 1. The van der Waals surface area contributed by atoms with Crippen molar-refractivity contribution in [1.82, 2.24) is 10.3 Å². The van der Waals surface area contributed by atoms with Gasteiger partial charge in [-0.25, -0.2) is 4.79 Å². The van der Waals surface area contributed by atoms with Crippen LogP contribution in [-0.4, -0.2) is 24.7 Å². The van der Waals surface area contributed by atoms with Crippen LogP contribution >= 0.6 is 0 Å². The first-order chi connectivity index (χ1) is 11.3. The van der Waals surface area contributed by atoms with E-state index in [0.29, 0.717) is 18.0 Å². The number of aromatic amines is 1. The second-order valence-electron chi connectivity index (χ2n) is 5.22. The molecule has 0 unspecified atom stereocenters. The third-order valence-electron chi connectivity index (χ3n) is 3.68. The summed E-state index contributed by atoms with van der Waals surface area (Å²) in [6.45, 7) is 0.567. The zero-order valence-electron chi connectivity index (χ0n) is 12.9. The highest BCUT2D eigenvalue weighted by Crippen LogP contribution is 2.18. The van der Waals surface area contributed by atoms with E-state index in [-0.39, 0.29) is 6.03 Å². The van der Waals surface area contributed by atoms with Crippen LogP contribution in [0.25, 0.3) is 10.9 Å². The zero-order chi connectivity index (χ0) is 16.1. The third kappa shape index (κ3) is 3.63. The Labute approximate surface area is 134 Å². The van der Waals surface area contributed by atoms with Crippen LogP contribution in [0.5, 0.6) is 5.75 Å². The lowest BCUT2D eigenvalue weighted by molar-refractivity contribution is 0.252. The number of methoxy groups -OCH3 is 1. The van der Waals surface area contributed by atoms with Gasteiger partial charge in [-0.1, -0.05) is 24.3 Å². The van der Waals surface area contributed by atoms with E-state index in [9.17, 15) is 4.79 Å². The van der Waals surface area contributed by atoms with Crippen molar-refractivity contribution in [1.29, 1.82) is 0 Å². The molecule has 5 heteroatoms. The van der Waals surface area contributed by atoms with Crippen molar-refractivity contribution in [3.8, 4) is 5.75 Å². The molecule has 2 aromatic carbocycles. The summed E-state index contributed by atoms with van der Waals surface area (Å²) in [5.41, 5.74) is 3.01. The fraction of sp³-hybridized carbons (Fsp3) is 0.167. The lowest BCUT2D eigenvalue weighted by atomic mass is 10.1. The summed E-state index contributed by atoms with van der Waals surface area (Å²) in [6.07, 6.45) is 2.77. The van der Waals surface area contributed by atoms with E-state index in [1.807, 2.05) is 42.6 Å². The fourth-order valence-corrected chi connectivity index (χ4v) is 2.53. The first-order valence-electron chi connectivity index (χ1n) is 7.50. The smallest absolute Gasteiger partial charge is 0.319 e. The number of amides is 2. The number of carbonyl (C=O) groups excluding carboxylic acids is 1. The maximum absolute atomic E-state index is 11.9. The Morgan fingerprint density at radius 3 is 2.91 bits per heavy atom. The van der Waals surface area contributed by atoms with Gasteiger partial charge in [-0.2, -0.15) is 0 Å². The van der Waals surface area contributed by atoms with Crippen LogP contribution in [0.15, 0.2) is 54.7 Å². The fourth-order valence-electron chi connectivity index (χ4n) is 2.53. The molecule has 0 atom stereocenters. The number of H-pyrrole nitrogens is 1. The van der Waals surface area contributed by atoms with E-state index in [1.165, 1.54) is 10.9 Å². The van der Waals surface area contributed by atoms with Gasteiger partial charge in [0.05, 0.1) is 7.11 Å². The van der Waals surface area contributed by atoms with Crippen LogP contribution in [-0.2, 0) is 6.42 Å². The molecule has 5 nitrogen and oxygen atoms in total. The molecule has 0 radical (unpaired) electrons. The summed E-state index contributed by atoms with van der Waals surface area (Å²) in [4.78, 5) is 15.2. The maximum Gasteiger partial charge on any atom is 0.319 e. The molecule has 0 bridgehead atoms. The number of benzene rings is 2. The molecule has 0 saturated carbocycles. The number of para-hydroxylation sites is 1. The Morgan fingerprint density at radius 1 is 1.17 bits per heavy atom. The molecule has 1 heterocycles. The standard InChI is InChI=1S/C18H19N3O2/c1-23-15-6-4-5-14(11-15)21-18(22)19-10-9-13-12-20-17-8-3-2-7-16(13)17/h2-8,11-12,20H,9-10H2,1H3,(H2,19,21,22). The highest BCUT2D eigenvalue weighted by atomic mass is 16.5. The van der Waals surface area contributed by atoms with E-state index >= 15 is 0 Å². The molecular weight excluding hydrogens is 290 g/mol. The highest BCUT2D eigenvalue weighted by molar-refractivity contribution is 5.89. The van der Waals surface area contributed by atoms with Crippen molar-refractivity contribution in [2.75, 3.05) is 19.0 Å². The number of anilines is 1. The quantitative estimate of drug-likeness (QED) is 0.675. The van der Waals surface area contributed by atoms with Gasteiger partial charge in [-0.15, -0.1) is 0 Å². The Kier molecular flexibility index (Phi) is 4.47. The van der Waals surface area contributed by atoms with Gasteiger partial charge >= 0.3 is 6.03 Å². The molecule has 0 aliphatic carbocycles. The van der Waals surface area contributed by atoms with Gasteiger partial charge < -0.3 is 20.4 Å². The van der Waals surface area contributed by atoms with Crippen molar-refractivity contribution in [2.24, 2.45) is 0 Å². The van der Waals surface area contributed by atoms with Crippen LogP contribution in [0.2, 0.25) is 0 Å². The second-order valence-corrected chi connectivity index (χ2v) is 5.22. The van der Waals surface area contributed by atoms with Crippen molar-refractivity contribution in [2.45, 2.75) is 6.42 Å². The summed E-state index contributed by atoms with van der Waals surface area (Å²) in [5, 5.41) is 6.86. The van der Waals surface area contributed by atoms with Crippen LogP contribution in [0, 0.1) is 0 Å². The monoisotopic (exact) mass is 309 g/mol. The van der Waals surface area contributed by atoms with Crippen molar-refractivity contribution < 1.29 is 9.53 Å². The summed E-state index contributed by atoms with van der Waals surface area (Å²) in [6, 6.07) is 15.2. The average molecular weight is 309 g/mol. The molecule has 0 fully saturated rings. The number of rotatable bonds is 5. The minimum absolute atomic E-state index is 0.224. The molecule has 0 aliphatic heterocycles. The van der Waals surface area contributed by atoms with E-state index in [1.54, 1.807) is 13.2 Å². The van der Waals surface area contributed by atoms with Crippen molar-refractivity contribution in [3.63, 3.8) is 0 Å². The topological polar surface area (TPSA) is 66.2 Å². The minimum atomic E-state index is -0.224. The summed E-state index contributed by atoms with van der Waals surface area (Å²) >= 11 is 0. The predicted octanol–water partition coefficient (Wildman–Crippen LogP) is 3.54. The highest BCUT2D eigenvalue weighted by Gasteiger charge is 2.05. The van der Waals surface area contributed by atoms with Gasteiger partial charge in [0.15, 0.2) is 0 Å². The molecule has 23 heavy (non-hydrogen) atoms. The first kappa shape index (κ1) is 15.0. The zero-order valence-corrected chi connectivity index (χ0v) is 12.9. The Morgan fingerprint density at radius 2 is 2.04 bits per heavy atom. The van der Waals surface area contributed by atoms with Gasteiger partial charge in [0.1, 0.15) is 5.75 Å². The van der Waals surface area contributed by atoms with Crippen LogP contribution < -0.4 is 15.4 Å². The lowest BCUT2D eigenvalue weighted by Crippen LogP contribution is -2.30. The number of ether oxygens (including phenoxy) is 1. The van der Waals surface area contributed by atoms with Crippen LogP contribution in [0.4, 0.5) is 10.5 Å². The van der Waals surface area contributed by atoms with E-state index in [0.717, 1.165) is 11.9 Å². The number of nitrogens with one attached hydrogen (secondary N) is 3. The molecule has 0 spiro atoms. The number of hydrogen-bond donors (Lipinski definition) is 3. The first-order valence-corrected chi connectivity index (χ1v) is 7.50. The molecule has 0 saturated heterocycles. The summed E-state index contributed by atoms with van der Waals surface area (Å²) in [7, 11) is 1.60. The summed E-state index contributed by atoms with van der Waals surface area (Å²) < 4.78 is 5.13. The largest absolute Gasteiger partial charge is 0.497 e. The molecule has 0 aliphatic rings.